The molecule has 0 bridgehead atoms. The van der Waals surface area contributed by atoms with Gasteiger partial charge >= 0.3 is 6.09 Å². The predicted molar refractivity (Wildman–Crippen MR) is 119 cm³/mol. The van der Waals surface area contributed by atoms with Crippen LogP contribution in [0.1, 0.15) is 34.6 Å². The summed E-state index contributed by atoms with van der Waals surface area (Å²) >= 11 is 0. The maximum atomic E-state index is 13.8. The highest BCUT2D eigenvalue weighted by Crippen LogP contribution is 2.44. The van der Waals surface area contributed by atoms with Gasteiger partial charge in [-0.3, -0.25) is 0 Å². The third-order valence-corrected chi connectivity index (χ3v) is 5.35. The average Bonchev–Trinajstić information content (AvgIpc) is 3.12. The highest BCUT2D eigenvalue weighted by Gasteiger charge is 2.28. The van der Waals surface area contributed by atoms with Crippen molar-refractivity contribution in [1.29, 1.82) is 0 Å². The van der Waals surface area contributed by atoms with Gasteiger partial charge in [0, 0.05) is 25.4 Å². The van der Waals surface area contributed by atoms with Crippen LogP contribution in [0.15, 0.2) is 66.7 Å². The smallest absolute Gasteiger partial charge is 0.407 e. The molecule has 3 aromatic carbocycles. The van der Waals surface area contributed by atoms with Crippen LogP contribution in [0.3, 0.4) is 0 Å². The number of hydrogen-bond donors (Lipinski definition) is 2. The van der Waals surface area contributed by atoms with Gasteiger partial charge in [0.1, 0.15) is 12.4 Å². The van der Waals surface area contributed by atoms with Crippen LogP contribution < -0.4 is 11.1 Å². The Labute approximate surface area is 181 Å². The zero-order valence-electron chi connectivity index (χ0n) is 17.0. The monoisotopic (exact) mass is 414 g/mol. The number of benzene rings is 3. The zero-order chi connectivity index (χ0) is 21.6. The molecule has 0 saturated heterocycles. The summed E-state index contributed by atoms with van der Waals surface area (Å²) in [5.74, 6) is 5.30. The molecule has 1 amide bonds. The van der Waals surface area contributed by atoms with Crippen molar-refractivity contribution in [2.24, 2.45) is 5.73 Å². The van der Waals surface area contributed by atoms with Crippen molar-refractivity contribution in [3.63, 3.8) is 0 Å². The molecular weight excluding hydrogens is 391 g/mol. The molecule has 0 unspecified atom stereocenters. The molecule has 1 aliphatic rings. The van der Waals surface area contributed by atoms with E-state index in [1.165, 1.54) is 28.3 Å². The highest BCUT2D eigenvalue weighted by molar-refractivity contribution is 5.79. The highest BCUT2D eigenvalue weighted by atomic mass is 19.1. The number of carbonyl (C=O) groups is 1. The molecule has 0 aromatic heterocycles. The lowest BCUT2D eigenvalue weighted by Crippen LogP contribution is -2.26. The van der Waals surface area contributed by atoms with E-state index in [0.29, 0.717) is 25.1 Å². The van der Waals surface area contributed by atoms with Crippen molar-refractivity contribution >= 4 is 6.09 Å². The molecule has 0 saturated carbocycles. The molecule has 3 N–H and O–H groups in total. The fourth-order valence-corrected chi connectivity index (χ4v) is 3.83. The molecule has 5 heteroatoms. The SMILES string of the molecule is NCc1ccc(F)c(C#CCCNC(=O)OCC2c3ccccc3-c3ccccc32)c1. The number of nitrogens with one attached hydrogen (secondary N) is 1. The Morgan fingerprint density at radius 1 is 1.03 bits per heavy atom. The summed E-state index contributed by atoms with van der Waals surface area (Å²) in [7, 11) is 0. The van der Waals surface area contributed by atoms with Gasteiger partial charge in [-0.25, -0.2) is 9.18 Å². The fourth-order valence-electron chi connectivity index (χ4n) is 3.83. The molecule has 3 aromatic rings. The second-order valence-corrected chi connectivity index (χ2v) is 7.32. The van der Waals surface area contributed by atoms with E-state index in [1.54, 1.807) is 12.1 Å². The largest absolute Gasteiger partial charge is 0.449 e. The van der Waals surface area contributed by atoms with Crippen molar-refractivity contribution in [3.05, 3.63) is 94.8 Å². The second-order valence-electron chi connectivity index (χ2n) is 7.32. The molecule has 0 aliphatic heterocycles. The molecule has 156 valence electrons. The molecule has 4 nitrogen and oxygen atoms in total. The minimum absolute atomic E-state index is 0.0238. The third-order valence-electron chi connectivity index (χ3n) is 5.35. The van der Waals surface area contributed by atoms with E-state index in [4.69, 9.17) is 10.5 Å². The van der Waals surface area contributed by atoms with Gasteiger partial charge in [-0.2, -0.15) is 0 Å². The number of carbonyl (C=O) groups excluding carboxylic acids is 1. The first kappa shape index (κ1) is 20.6. The Morgan fingerprint density at radius 3 is 2.39 bits per heavy atom. The van der Waals surface area contributed by atoms with E-state index in [9.17, 15) is 9.18 Å². The Balaban J connectivity index is 1.29. The Bertz CT molecular complexity index is 1120. The van der Waals surface area contributed by atoms with E-state index >= 15 is 0 Å². The molecule has 0 fully saturated rings. The van der Waals surface area contributed by atoms with E-state index < -0.39 is 6.09 Å². The number of rotatable bonds is 5. The molecule has 31 heavy (non-hydrogen) atoms. The number of halogens is 1. The molecule has 0 heterocycles. The van der Waals surface area contributed by atoms with Gasteiger partial charge in [-0.05, 0) is 39.9 Å². The Morgan fingerprint density at radius 2 is 1.71 bits per heavy atom. The first-order valence-electron chi connectivity index (χ1n) is 10.2. The number of nitrogens with two attached hydrogens (primary N) is 1. The lowest BCUT2D eigenvalue weighted by atomic mass is 9.98. The number of fused-ring (bicyclic) bond motifs is 3. The second kappa shape index (κ2) is 9.46. The zero-order valence-corrected chi connectivity index (χ0v) is 17.0. The maximum absolute atomic E-state index is 13.8. The van der Waals surface area contributed by atoms with Gasteiger partial charge in [0.15, 0.2) is 0 Å². The Hall–Kier alpha value is -3.62. The molecular formula is C26H23FN2O2. The fraction of sp³-hybridized carbons (Fsp3) is 0.192. The van der Waals surface area contributed by atoms with Crippen LogP contribution >= 0.6 is 0 Å². The van der Waals surface area contributed by atoms with Crippen molar-refractivity contribution in [2.45, 2.75) is 18.9 Å². The van der Waals surface area contributed by atoms with Crippen LogP contribution in [0.5, 0.6) is 0 Å². The van der Waals surface area contributed by atoms with Crippen molar-refractivity contribution in [2.75, 3.05) is 13.2 Å². The molecule has 0 atom stereocenters. The third kappa shape index (κ3) is 4.60. The number of ether oxygens (including phenoxy) is 1. The van der Waals surface area contributed by atoms with E-state index in [2.05, 4.69) is 41.4 Å². The Kier molecular flexibility index (Phi) is 6.30. The average molecular weight is 414 g/mol. The summed E-state index contributed by atoms with van der Waals surface area (Å²) in [5, 5.41) is 2.70. The van der Waals surface area contributed by atoms with Gasteiger partial charge < -0.3 is 15.8 Å². The topological polar surface area (TPSA) is 64.3 Å². The number of alkyl carbamates (subject to hydrolysis) is 1. The number of amides is 1. The van der Waals surface area contributed by atoms with Gasteiger partial charge in [-0.1, -0.05) is 66.4 Å². The first-order valence-corrected chi connectivity index (χ1v) is 10.2. The molecule has 1 aliphatic carbocycles. The summed E-state index contributed by atoms with van der Waals surface area (Å²) in [5.41, 5.74) is 11.4. The van der Waals surface area contributed by atoms with Crippen molar-refractivity contribution < 1.29 is 13.9 Å². The standard InChI is InChI=1S/C26H23FN2O2/c27-25-13-12-18(16-28)15-19(25)7-5-6-14-29-26(30)31-17-24-22-10-3-1-8-20(22)21-9-2-4-11-23(21)24/h1-4,8-13,15,24H,6,14,16-17,28H2,(H,29,30). The van der Waals surface area contributed by atoms with Gasteiger partial charge in [0.2, 0.25) is 0 Å². The summed E-state index contributed by atoms with van der Waals surface area (Å²) in [6.07, 6.45) is -0.101. The molecule has 0 spiro atoms. The van der Waals surface area contributed by atoms with Crippen molar-refractivity contribution in [1.82, 2.24) is 5.32 Å². The quantitative estimate of drug-likeness (QED) is 0.475. The normalized spacial score (nSPS) is 11.8. The van der Waals surface area contributed by atoms with Crippen LogP contribution in [0.2, 0.25) is 0 Å². The van der Waals surface area contributed by atoms with Gasteiger partial charge in [-0.15, -0.1) is 0 Å². The lowest BCUT2D eigenvalue weighted by molar-refractivity contribution is 0.143. The van der Waals surface area contributed by atoms with Crippen LogP contribution in [-0.2, 0) is 11.3 Å². The van der Waals surface area contributed by atoms with Gasteiger partial charge in [0.25, 0.3) is 0 Å². The van der Waals surface area contributed by atoms with Crippen molar-refractivity contribution in [3.8, 4) is 23.0 Å². The summed E-state index contributed by atoms with van der Waals surface area (Å²) in [4.78, 5) is 12.1. The summed E-state index contributed by atoms with van der Waals surface area (Å²) in [6.45, 7) is 0.919. The van der Waals surface area contributed by atoms with Crippen LogP contribution in [0, 0.1) is 17.7 Å². The minimum Gasteiger partial charge on any atom is -0.449 e. The lowest BCUT2D eigenvalue weighted by Gasteiger charge is -2.14. The predicted octanol–water partition coefficient (Wildman–Crippen LogP) is 4.56. The summed E-state index contributed by atoms with van der Waals surface area (Å²) < 4.78 is 19.3. The summed E-state index contributed by atoms with van der Waals surface area (Å²) in [6, 6.07) is 21.0. The first-order chi connectivity index (χ1) is 15.2. The van der Waals surface area contributed by atoms with Gasteiger partial charge in [0.05, 0.1) is 5.56 Å². The van der Waals surface area contributed by atoms with E-state index in [-0.39, 0.29) is 18.3 Å². The minimum atomic E-state index is -0.486. The number of hydrogen-bond acceptors (Lipinski definition) is 3. The van der Waals surface area contributed by atoms with E-state index in [0.717, 1.165) is 5.56 Å². The van der Waals surface area contributed by atoms with E-state index in [1.807, 2.05) is 24.3 Å². The van der Waals surface area contributed by atoms with Crippen LogP contribution in [-0.4, -0.2) is 19.2 Å². The van der Waals surface area contributed by atoms with Crippen LogP contribution in [0.4, 0.5) is 9.18 Å². The molecule has 0 radical (unpaired) electrons. The molecule has 4 rings (SSSR count). The van der Waals surface area contributed by atoms with Crippen LogP contribution in [0.25, 0.3) is 11.1 Å². The maximum Gasteiger partial charge on any atom is 0.407 e.